The molecule has 0 radical (unpaired) electrons. The van der Waals surface area contributed by atoms with Gasteiger partial charge in [-0.05, 0) is 34.6 Å². The molecule has 0 fully saturated rings. The normalized spacial score (nSPS) is 13.9. The maximum absolute atomic E-state index is 11.6. The summed E-state index contributed by atoms with van der Waals surface area (Å²) in [6.07, 6.45) is 0. The molecule has 0 saturated heterocycles. The summed E-state index contributed by atoms with van der Waals surface area (Å²) in [5.74, 6) is 5.60. The Morgan fingerprint density at radius 2 is 1.56 bits per heavy atom. The highest BCUT2D eigenvalue weighted by atomic mass is 16.2. The van der Waals surface area contributed by atoms with Crippen molar-refractivity contribution in [3.8, 4) is 0 Å². The minimum atomic E-state index is -0.473. The van der Waals surface area contributed by atoms with Crippen molar-refractivity contribution in [1.29, 1.82) is 0 Å². The van der Waals surface area contributed by atoms with Crippen molar-refractivity contribution < 1.29 is 4.79 Å². The third-order valence-electron chi connectivity index (χ3n) is 1.70. The van der Waals surface area contributed by atoms with E-state index in [9.17, 15) is 4.79 Å². The summed E-state index contributed by atoms with van der Waals surface area (Å²) in [5, 5.41) is 5.79. The van der Waals surface area contributed by atoms with Crippen LogP contribution in [0.3, 0.4) is 0 Å². The highest BCUT2D eigenvalue weighted by Crippen LogP contribution is 1.92. The Kier molecular flexibility index (Phi) is 6.48. The van der Waals surface area contributed by atoms with Crippen LogP contribution < -0.4 is 21.9 Å². The maximum Gasteiger partial charge on any atom is 0.244 e. The van der Waals surface area contributed by atoms with Crippen LogP contribution in [0.25, 0.3) is 0 Å². The van der Waals surface area contributed by atoms with Crippen molar-refractivity contribution in [3.05, 3.63) is 0 Å². The van der Waals surface area contributed by atoms with Crippen LogP contribution >= 0.6 is 0 Å². The highest BCUT2D eigenvalue weighted by Gasteiger charge is 2.13. The number of nitrogens with two attached hydrogens (primary N) is 1. The van der Waals surface area contributed by atoms with E-state index >= 15 is 0 Å². The number of guanidine groups is 1. The summed E-state index contributed by atoms with van der Waals surface area (Å²) in [7, 11) is 0. The van der Waals surface area contributed by atoms with Crippen LogP contribution in [0, 0.1) is 0 Å². The van der Waals surface area contributed by atoms with E-state index in [1.165, 1.54) is 0 Å². The minimum absolute atomic E-state index is 0.109. The fraction of sp³-hybridized carbons (Fsp3) is 0.800. The lowest BCUT2D eigenvalue weighted by Crippen LogP contribution is -2.46. The molecule has 0 saturated carbocycles. The Morgan fingerprint density at radius 1 is 1.06 bits per heavy atom. The SMILES string of the molecule is CC(C)NC(=O)C(C)N=C(NN)NC(C)C. The summed E-state index contributed by atoms with van der Waals surface area (Å²) < 4.78 is 0. The second-order valence-corrected chi connectivity index (χ2v) is 4.26. The van der Waals surface area contributed by atoms with Crippen LogP contribution in [-0.2, 0) is 4.79 Å². The van der Waals surface area contributed by atoms with Gasteiger partial charge in [-0.15, -0.1) is 0 Å². The van der Waals surface area contributed by atoms with Gasteiger partial charge in [0.25, 0.3) is 0 Å². The minimum Gasteiger partial charge on any atom is -0.353 e. The number of carbonyl (C=O) groups is 1. The number of hydrogen-bond acceptors (Lipinski definition) is 3. The number of hydrogen-bond donors (Lipinski definition) is 4. The molecule has 0 aromatic heterocycles. The first-order valence-corrected chi connectivity index (χ1v) is 5.48. The van der Waals surface area contributed by atoms with Crippen LogP contribution in [-0.4, -0.2) is 30.0 Å². The molecule has 0 spiro atoms. The van der Waals surface area contributed by atoms with Gasteiger partial charge in [-0.3, -0.25) is 10.2 Å². The molecule has 6 nitrogen and oxygen atoms in total. The Morgan fingerprint density at radius 3 is 1.94 bits per heavy atom. The van der Waals surface area contributed by atoms with Crippen molar-refractivity contribution in [2.24, 2.45) is 10.8 Å². The zero-order chi connectivity index (χ0) is 12.7. The quantitative estimate of drug-likeness (QED) is 0.231. The van der Waals surface area contributed by atoms with Gasteiger partial charge in [0.05, 0.1) is 0 Å². The Balaban J connectivity index is 4.40. The predicted molar refractivity (Wildman–Crippen MR) is 65.8 cm³/mol. The Hall–Kier alpha value is -1.30. The molecule has 1 atom stereocenters. The Bertz CT molecular complexity index is 250. The molecule has 6 heteroatoms. The molecule has 0 aromatic rings. The summed E-state index contributed by atoms with van der Waals surface area (Å²) in [4.78, 5) is 15.7. The summed E-state index contributed by atoms with van der Waals surface area (Å²) >= 11 is 0. The molecule has 1 unspecified atom stereocenters. The number of nitrogens with zero attached hydrogens (tertiary/aromatic N) is 1. The van der Waals surface area contributed by atoms with Crippen LogP contribution in [0.2, 0.25) is 0 Å². The van der Waals surface area contributed by atoms with E-state index in [1.54, 1.807) is 6.92 Å². The first kappa shape index (κ1) is 14.7. The van der Waals surface area contributed by atoms with E-state index in [1.807, 2.05) is 27.7 Å². The van der Waals surface area contributed by atoms with Gasteiger partial charge < -0.3 is 10.6 Å². The van der Waals surface area contributed by atoms with Crippen LogP contribution in [0.15, 0.2) is 4.99 Å². The van der Waals surface area contributed by atoms with Crippen molar-refractivity contribution in [2.45, 2.75) is 52.7 Å². The number of hydrazine groups is 1. The summed E-state index contributed by atoms with van der Waals surface area (Å²) in [6.45, 7) is 9.46. The number of amides is 1. The third-order valence-corrected chi connectivity index (χ3v) is 1.70. The van der Waals surface area contributed by atoms with Gasteiger partial charge in [0.1, 0.15) is 6.04 Å². The van der Waals surface area contributed by atoms with Gasteiger partial charge in [0.2, 0.25) is 11.9 Å². The molecule has 0 bridgehead atoms. The van der Waals surface area contributed by atoms with Gasteiger partial charge in [0, 0.05) is 12.1 Å². The Labute approximate surface area is 97.0 Å². The molecule has 0 rings (SSSR count). The number of nitrogens with one attached hydrogen (secondary N) is 3. The monoisotopic (exact) mass is 229 g/mol. The van der Waals surface area contributed by atoms with Crippen molar-refractivity contribution in [2.75, 3.05) is 0 Å². The van der Waals surface area contributed by atoms with E-state index in [2.05, 4.69) is 21.1 Å². The second-order valence-electron chi connectivity index (χ2n) is 4.26. The lowest BCUT2D eigenvalue weighted by molar-refractivity contribution is -0.122. The smallest absolute Gasteiger partial charge is 0.244 e. The van der Waals surface area contributed by atoms with E-state index < -0.39 is 6.04 Å². The maximum atomic E-state index is 11.6. The largest absolute Gasteiger partial charge is 0.353 e. The molecule has 0 aliphatic rings. The standard InChI is InChI=1S/C10H23N5O/c1-6(2)12-9(16)8(5)14-10(15-11)13-7(3)4/h6-8H,11H2,1-5H3,(H,12,16)(H2,13,14,15). The first-order chi connectivity index (χ1) is 7.36. The van der Waals surface area contributed by atoms with Crippen LogP contribution in [0.4, 0.5) is 0 Å². The first-order valence-electron chi connectivity index (χ1n) is 5.48. The molecular weight excluding hydrogens is 206 g/mol. The topological polar surface area (TPSA) is 91.5 Å². The van der Waals surface area contributed by atoms with E-state index in [4.69, 9.17) is 5.84 Å². The summed E-state index contributed by atoms with van der Waals surface area (Å²) in [5.41, 5.74) is 2.43. The molecule has 5 N–H and O–H groups in total. The highest BCUT2D eigenvalue weighted by molar-refractivity contribution is 5.86. The molecule has 16 heavy (non-hydrogen) atoms. The van der Waals surface area contributed by atoms with Gasteiger partial charge in [-0.2, -0.15) is 0 Å². The van der Waals surface area contributed by atoms with Crippen molar-refractivity contribution in [1.82, 2.24) is 16.1 Å². The van der Waals surface area contributed by atoms with Gasteiger partial charge >= 0.3 is 0 Å². The molecule has 1 amide bonds. The van der Waals surface area contributed by atoms with E-state index in [-0.39, 0.29) is 18.0 Å². The zero-order valence-corrected chi connectivity index (χ0v) is 10.7. The fourth-order valence-corrected chi connectivity index (χ4v) is 1.05. The molecular formula is C10H23N5O. The zero-order valence-electron chi connectivity index (χ0n) is 10.7. The molecule has 0 aromatic carbocycles. The third kappa shape index (κ3) is 6.23. The number of rotatable bonds is 4. The number of carbonyl (C=O) groups excluding carboxylic acids is 1. The predicted octanol–water partition coefficient (Wildman–Crippen LogP) is -0.283. The number of aliphatic imine (C=N–C) groups is 1. The van der Waals surface area contributed by atoms with Crippen molar-refractivity contribution >= 4 is 11.9 Å². The average molecular weight is 229 g/mol. The average Bonchev–Trinajstić information content (AvgIpc) is 2.14. The molecule has 0 aliphatic heterocycles. The molecule has 0 aliphatic carbocycles. The van der Waals surface area contributed by atoms with E-state index in [0.29, 0.717) is 5.96 Å². The van der Waals surface area contributed by atoms with Crippen LogP contribution in [0.1, 0.15) is 34.6 Å². The lowest BCUT2D eigenvalue weighted by atomic mass is 10.3. The molecule has 94 valence electrons. The summed E-state index contributed by atoms with van der Waals surface area (Å²) in [6, 6.07) is -0.160. The van der Waals surface area contributed by atoms with E-state index in [0.717, 1.165) is 0 Å². The van der Waals surface area contributed by atoms with Crippen molar-refractivity contribution in [3.63, 3.8) is 0 Å². The van der Waals surface area contributed by atoms with Crippen LogP contribution in [0.5, 0.6) is 0 Å². The van der Waals surface area contributed by atoms with Gasteiger partial charge in [0.15, 0.2) is 0 Å². The molecule has 0 heterocycles. The van der Waals surface area contributed by atoms with Gasteiger partial charge in [-0.1, -0.05) is 0 Å². The van der Waals surface area contributed by atoms with Gasteiger partial charge in [-0.25, -0.2) is 10.8 Å². The second kappa shape index (κ2) is 7.05. The lowest BCUT2D eigenvalue weighted by Gasteiger charge is -2.15. The fourth-order valence-electron chi connectivity index (χ4n) is 1.05.